The normalized spacial score (nSPS) is 12.3. The number of para-hydroxylation sites is 1. The number of hydrogen-bond acceptors (Lipinski definition) is 5. The van der Waals surface area contributed by atoms with Crippen LogP contribution in [0.15, 0.2) is 54.6 Å². The molecule has 0 aromatic heterocycles. The summed E-state index contributed by atoms with van der Waals surface area (Å²) in [5, 5.41) is 0. The number of methoxy groups -OCH3 is 1. The molecule has 0 bridgehead atoms. The van der Waals surface area contributed by atoms with Crippen molar-refractivity contribution < 1.29 is 22.7 Å². The highest BCUT2D eigenvalue weighted by atomic mass is 32.2. The van der Waals surface area contributed by atoms with Gasteiger partial charge in [0.25, 0.3) is 0 Å². The fourth-order valence-corrected chi connectivity index (χ4v) is 3.42. The number of ether oxygens (including phenoxy) is 2. The molecule has 0 radical (unpaired) electrons. The van der Waals surface area contributed by atoms with Gasteiger partial charge in [-0.05, 0) is 43.3 Å². The van der Waals surface area contributed by atoms with Gasteiger partial charge in [0.05, 0.1) is 19.1 Å². The lowest BCUT2D eigenvalue weighted by atomic mass is 10.2. The smallest absolute Gasteiger partial charge is 0.329 e. The van der Waals surface area contributed by atoms with E-state index < -0.39 is 22.0 Å². The molecule has 0 heterocycles. The summed E-state index contributed by atoms with van der Waals surface area (Å²) in [4.78, 5) is 11.7. The number of nitrogens with zero attached hydrogens (tertiary/aromatic N) is 1. The Labute approximate surface area is 141 Å². The molecule has 1 atom stereocenters. The summed E-state index contributed by atoms with van der Waals surface area (Å²) in [6, 6.07) is 14.7. The number of rotatable bonds is 6. The zero-order chi connectivity index (χ0) is 17.7. The molecule has 0 spiro atoms. The molecule has 2 aromatic rings. The van der Waals surface area contributed by atoms with Gasteiger partial charge in [0.2, 0.25) is 10.0 Å². The molecule has 128 valence electrons. The molecule has 0 aliphatic heterocycles. The van der Waals surface area contributed by atoms with Crippen molar-refractivity contribution in [2.45, 2.75) is 13.0 Å². The Morgan fingerprint density at radius 1 is 1.00 bits per heavy atom. The molecule has 0 unspecified atom stereocenters. The number of esters is 1. The molecule has 0 saturated heterocycles. The molecule has 0 aliphatic carbocycles. The maximum Gasteiger partial charge on any atom is 0.329 e. The zero-order valence-electron chi connectivity index (χ0n) is 13.7. The molecule has 6 nitrogen and oxygen atoms in total. The van der Waals surface area contributed by atoms with Crippen LogP contribution in [0.2, 0.25) is 0 Å². The fourth-order valence-electron chi connectivity index (χ4n) is 2.25. The van der Waals surface area contributed by atoms with Crippen LogP contribution in [0, 0.1) is 0 Å². The summed E-state index contributed by atoms with van der Waals surface area (Å²) in [6.45, 7) is 1.47. The van der Waals surface area contributed by atoms with Gasteiger partial charge in [0.1, 0.15) is 17.5 Å². The van der Waals surface area contributed by atoms with Crippen LogP contribution < -0.4 is 9.04 Å². The van der Waals surface area contributed by atoms with Gasteiger partial charge in [0, 0.05) is 0 Å². The van der Waals surface area contributed by atoms with Crippen LogP contribution >= 0.6 is 0 Å². The number of hydrogen-bond donors (Lipinski definition) is 0. The Morgan fingerprint density at radius 2 is 1.54 bits per heavy atom. The van der Waals surface area contributed by atoms with Crippen molar-refractivity contribution in [3.8, 4) is 11.5 Å². The molecule has 7 heteroatoms. The number of sulfonamides is 1. The molecule has 0 aliphatic rings. The first-order valence-electron chi connectivity index (χ1n) is 7.23. The van der Waals surface area contributed by atoms with E-state index in [9.17, 15) is 13.2 Å². The first kappa shape index (κ1) is 17.8. The number of carbonyl (C=O) groups excluding carboxylic acids is 1. The third-order valence-corrected chi connectivity index (χ3v) is 4.56. The molecule has 0 N–H and O–H groups in total. The van der Waals surface area contributed by atoms with Gasteiger partial charge < -0.3 is 9.47 Å². The largest absolute Gasteiger partial charge is 0.467 e. The Hall–Kier alpha value is -2.54. The summed E-state index contributed by atoms with van der Waals surface area (Å²) in [6.07, 6.45) is 1.04. The van der Waals surface area contributed by atoms with E-state index in [2.05, 4.69) is 4.74 Å². The summed E-state index contributed by atoms with van der Waals surface area (Å²) in [5.74, 6) is 0.599. The van der Waals surface area contributed by atoms with Crippen molar-refractivity contribution in [3.05, 3.63) is 54.6 Å². The molecule has 0 amide bonds. The second-order valence-electron chi connectivity index (χ2n) is 5.17. The van der Waals surface area contributed by atoms with Crippen molar-refractivity contribution in [1.29, 1.82) is 0 Å². The molecule has 0 saturated carbocycles. The summed E-state index contributed by atoms with van der Waals surface area (Å²) >= 11 is 0. The van der Waals surface area contributed by atoms with E-state index in [1.807, 2.05) is 30.3 Å². The first-order valence-corrected chi connectivity index (χ1v) is 9.08. The Kier molecular flexibility index (Phi) is 5.46. The lowest BCUT2D eigenvalue weighted by Crippen LogP contribution is -2.43. The van der Waals surface area contributed by atoms with E-state index in [1.165, 1.54) is 14.0 Å². The average Bonchev–Trinajstić information content (AvgIpc) is 2.55. The first-order chi connectivity index (χ1) is 11.3. The molecule has 24 heavy (non-hydrogen) atoms. The van der Waals surface area contributed by atoms with Crippen LogP contribution in [0.25, 0.3) is 0 Å². The van der Waals surface area contributed by atoms with Crippen molar-refractivity contribution in [2.75, 3.05) is 17.7 Å². The Bertz CT molecular complexity index is 787. The highest BCUT2D eigenvalue weighted by Gasteiger charge is 2.29. The fraction of sp³-hybridized carbons (Fsp3) is 0.235. The van der Waals surface area contributed by atoms with Crippen molar-refractivity contribution >= 4 is 21.7 Å². The summed E-state index contributed by atoms with van der Waals surface area (Å²) < 4.78 is 35.4. The monoisotopic (exact) mass is 349 g/mol. The van der Waals surface area contributed by atoms with Gasteiger partial charge in [0.15, 0.2) is 0 Å². The van der Waals surface area contributed by atoms with Gasteiger partial charge in [-0.15, -0.1) is 0 Å². The summed E-state index contributed by atoms with van der Waals surface area (Å²) in [7, 11) is -2.43. The lowest BCUT2D eigenvalue weighted by Gasteiger charge is -2.27. The molecular formula is C17H19NO5S. The SMILES string of the molecule is COC(=O)[C@H](C)N(c1ccc(Oc2ccccc2)cc1)S(C)(=O)=O. The van der Waals surface area contributed by atoms with Gasteiger partial charge in [-0.2, -0.15) is 0 Å². The average molecular weight is 349 g/mol. The molecular weight excluding hydrogens is 330 g/mol. The van der Waals surface area contributed by atoms with E-state index >= 15 is 0 Å². The van der Waals surface area contributed by atoms with Crippen molar-refractivity contribution in [1.82, 2.24) is 0 Å². The van der Waals surface area contributed by atoms with E-state index in [4.69, 9.17) is 4.74 Å². The maximum absolute atomic E-state index is 12.1. The molecule has 2 aromatic carbocycles. The quantitative estimate of drug-likeness (QED) is 0.750. The number of anilines is 1. The van der Waals surface area contributed by atoms with E-state index in [-0.39, 0.29) is 0 Å². The topological polar surface area (TPSA) is 72.9 Å². The van der Waals surface area contributed by atoms with Crippen LogP contribution in [-0.4, -0.2) is 33.8 Å². The lowest BCUT2D eigenvalue weighted by molar-refractivity contribution is -0.141. The number of carbonyl (C=O) groups is 1. The highest BCUT2D eigenvalue weighted by molar-refractivity contribution is 7.92. The highest BCUT2D eigenvalue weighted by Crippen LogP contribution is 2.27. The standard InChI is InChI=1S/C17H19NO5S/c1-13(17(19)22-2)18(24(3,20)21)14-9-11-16(12-10-14)23-15-7-5-4-6-8-15/h4-13H,1-3H3/t13-/m0/s1. The van der Waals surface area contributed by atoms with E-state index in [0.29, 0.717) is 17.2 Å². The second kappa shape index (κ2) is 7.35. The van der Waals surface area contributed by atoms with Crippen molar-refractivity contribution in [2.24, 2.45) is 0 Å². The van der Waals surface area contributed by atoms with Crippen LogP contribution in [0.4, 0.5) is 5.69 Å². The van der Waals surface area contributed by atoms with Gasteiger partial charge in [-0.1, -0.05) is 18.2 Å². The number of benzene rings is 2. The minimum absolute atomic E-state index is 0.357. The van der Waals surface area contributed by atoms with Crippen molar-refractivity contribution in [3.63, 3.8) is 0 Å². The Morgan fingerprint density at radius 3 is 2.04 bits per heavy atom. The third-order valence-electron chi connectivity index (χ3n) is 3.32. The minimum Gasteiger partial charge on any atom is -0.467 e. The van der Waals surface area contributed by atoms with Crippen LogP contribution in [0.3, 0.4) is 0 Å². The zero-order valence-corrected chi connectivity index (χ0v) is 14.5. The van der Waals surface area contributed by atoms with Crippen LogP contribution in [0.1, 0.15) is 6.92 Å². The summed E-state index contributed by atoms with van der Waals surface area (Å²) in [5.41, 5.74) is 0.357. The molecule has 0 fully saturated rings. The second-order valence-corrected chi connectivity index (χ2v) is 7.03. The van der Waals surface area contributed by atoms with Gasteiger partial charge >= 0.3 is 5.97 Å². The van der Waals surface area contributed by atoms with Gasteiger partial charge in [-0.25, -0.2) is 13.2 Å². The maximum atomic E-state index is 12.1. The predicted octanol–water partition coefficient (Wildman–Crippen LogP) is 2.81. The Balaban J connectivity index is 2.27. The van der Waals surface area contributed by atoms with Gasteiger partial charge in [-0.3, -0.25) is 4.31 Å². The van der Waals surface area contributed by atoms with E-state index in [1.54, 1.807) is 24.3 Å². The third kappa shape index (κ3) is 4.26. The van der Waals surface area contributed by atoms with Crippen LogP contribution in [-0.2, 0) is 19.6 Å². The minimum atomic E-state index is -3.65. The van der Waals surface area contributed by atoms with Crippen LogP contribution in [0.5, 0.6) is 11.5 Å². The van der Waals surface area contributed by atoms with E-state index in [0.717, 1.165) is 10.6 Å². The predicted molar refractivity (Wildman–Crippen MR) is 91.8 cm³/mol. The molecule has 2 rings (SSSR count).